The standard InChI is InChI=1S/C14H13N3O3S/c1-20-13-5-4-10(8-15)7-11(13)9-21(18,19)14-12(16)3-2-6-17-14/h2-7H,9,16H2,1H3. The molecule has 0 fully saturated rings. The number of hydrogen-bond donors (Lipinski definition) is 1. The summed E-state index contributed by atoms with van der Waals surface area (Å²) in [5.74, 6) is 0.0551. The molecule has 2 rings (SSSR count). The summed E-state index contributed by atoms with van der Waals surface area (Å²) in [4.78, 5) is 3.83. The first-order chi connectivity index (χ1) is 9.97. The molecule has 0 atom stereocenters. The largest absolute Gasteiger partial charge is 0.496 e. The van der Waals surface area contributed by atoms with Crippen LogP contribution in [0.25, 0.3) is 0 Å². The van der Waals surface area contributed by atoms with Gasteiger partial charge in [-0.2, -0.15) is 5.26 Å². The van der Waals surface area contributed by atoms with Gasteiger partial charge in [0.1, 0.15) is 5.75 Å². The van der Waals surface area contributed by atoms with Gasteiger partial charge in [0.25, 0.3) is 0 Å². The number of ether oxygens (including phenoxy) is 1. The number of rotatable bonds is 4. The minimum atomic E-state index is -3.73. The second kappa shape index (κ2) is 5.81. The summed E-state index contributed by atoms with van der Waals surface area (Å²) in [6.45, 7) is 0. The molecule has 1 heterocycles. The second-order valence-electron chi connectivity index (χ2n) is 4.30. The zero-order chi connectivity index (χ0) is 15.5. The summed E-state index contributed by atoms with van der Waals surface area (Å²) in [7, 11) is -2.29. The Bertz CT molecular complexity index is 810. The molecular formula is C14H13N3O3S. The van der Waals surface area contributed by atoms with Crippen LogP contribution in [0.2, 0.25) is 0 Å². The van der Waals surface area contributed by atoms with Gasteiger partial charge in [-0.25, -0.2) is 13.4 Å². The molecule has 108 valence electrons. The van der Waals surface area contributed by atoms with Crippen molar-refractivity contribution in [3.63, 3.8) is 0 Å². The van der Waals surface area contributed by atoms with Gasteiger partial charge in [0.2, 0.25) is 9.84 Å². The molecule has 0 aliphatic carbocycles. The highest BCUT2D eigenvalue weighted by molar-refractivity contribution is 7.90. The van der Waals surface area contributed by atoms with Gasteiger partial charge in [-0.3, -0.25) is 0 Å². The molecule has 0 aliphatic rings. The van der Waals surface area contributed by atoms with Gasteiger partial charge >= 0.3 is 0 Å². The van der Waals surface area contributed by atoms with Gasteiger partial charge < -0.3 is 10.5 Å². The van der Waals surface area contributed by atoms with Crippen molar-refractivity contribution in [2.75, 3.05) is 12.8 Å². The van der Waals surface area contributed by atoms with Gasteiger partial charge in [0, 0.05) is 11.8 Å². The molecule has 0 bridgehead atoms. The quantitative estimate of drug-likeness (QED) is 0.917. The second-order valence-corrected chi connectivity index (χ2v) is 6.20. The van der Waals surface area contributed by atoms with Crippen LogP contribution in [0.4, 0.5) is 5.69 Å². The van der Waals surface area contributed by atoms with E-state index in [-0.39, 0.29) is 16.5 Å². The van der Waals surface area contributed by atoms with Crippen LogP contribution in [0.3, 0.4) is 0 Å². The Morgan fingerprint density at radius 2 is 2.14 bits per heavy atom. The Morgan fingerprint density at radius 3 is 2.76 bits per heavy atom. The fraction of sp³-hybridized carbons (Fsp3) is 0.143. The molecule has 6 nitrogen and oxygen atoms in total. The van der Waals surface area contributed by atoms with E-state index < -0.39 is 9.84 Å². The molecule has 7 heteroatoms. The van der Waals surface area contributed by atoms with Crippen molar-refractivity contribution in [2.24, 2.45) is 0 Å². The normalized spacial score (nSPS) is 10.9. The monoisotopic (exact) mass is 303 g/mol. The maximum absolute atomic E-state index is 12.4. The fourth-order valence-corrected chi connectivity index (χ4v) is 3.32. The molecule has 0 saturated heterocycles. The predicted molar refractivity (Wildman–Crippen MR) is 77.2 cm³/mol. The molecular weight excluding hydrogens is 290 g/mol. The number of benzene rings is 1. The van der Waals surface area contributed by atoms with Crippen molar-refractivity contribution in [2.45, 2.75) is 10.8 Å². The van der Waals surface area contributed by atoms with Crippen molar-refractivity contribution >= 4 is 15.5 Å². The Hall–Kier alpha value is -2.59. The van der Waals surface area contributed by atoms with E-state index >= 15 is 0 Å². The molecule has 2 aromatic rings. The van der Waals surface area contributed by atoms with Crippen LogP contribution >= 0.6 is 0 Å². The fourth-order valence-electron chi connectivity index (χ4n) is 1.90. The third-order valence-corrected chi connectivity index (χ3v) is 4.47. The number of nitrogen functional groups attached to an aromatic ring is 1. The van der Waals surface area contributed by atoms with Gasteiger partial charge in [-0.1, -0.05) is 0 Å². The minimum Gasteiger partial charge on any atom is -0.496 e. The van der Waals surface area contributed by atoms with E-state index in [0.717, 1.165) is 0 Å². The lowest BCUT2D eigenvalue weighted by atomic mass is 10.1. The number of sulfone groups is 1. The van der Waals surface area contributed by atoms with E-state index in [9.17, 15) is 8.42 Å². The summed E-state index contributed by atoms with van der Waals surface area (Å²) in [5, 5.41) is 8.74. The van der Waals surface area contributed by atoms with Crippen molar-refractivity contribution in [1.29, 1.82) is 5.26 Å². The van der Waals surface area contributed by atoms with Gasteiger partial charge in [0.15, 0.2) is 5.03 Å². The highest BCUT2D eigenvalue weighted by Gasteiger charge is 2.22. The molecule has 0 aliphatic heterocycles. The maximum Gasteiger partial charge on any atom is 0.201 e. The molecule has 0 unspecified atom stereocenters. The van der Waals surface area contributed by atoms with Crippen LogP contribution in [-0.2, 0) is 15.6 Å². The Morgan fingerprint density at radius 1 is 1.38 bits per heavy atom. The number of anilines is 1. The number of nitrogens with zero attached hydrogens (tertiary/aromatic N) is 2. The highest BCUT2D eigenvalue weighted by atomic mass is 32.2. The summed E-state index contributed by atoms with van der Waals surface area (Å²) in [6.07, 6.45) is 1.37. The number of nitriles is 1. The van der Waals surface area contributed by atoms with Crippen molar-refractivity contribution in [1.82, 2.24) is 4.98 Å². The first-order valence-electron chi connectivity index (χ1n) is 5.98. The summed E-state index contributed by atoms with van der Waals surface area (Å²) < 4.78 is 29.9. The maximum atomic E-state index is 12.4. The number of pyridine rings is 1. The summed E-state index contributed by atoms with van der Waals surface area (Å²) in [5.41, 5.74) is 6.50. The topological polar surface area (TPSA) is 106 Å². The average molecular weight is 303 g/mol. The van der Waals surface area contributed by atoms with E-state index in [1.54, 1.807) is 18.2 Å². The van der Waals surface area contributed by atoms with Gasteiger partial charge in [-0.15, -0.1) is 0 Å². The van der Waals surface area contributed by atoms with E-state index in [1.165, 1.54) is 25.4 Å². The molecule has 0 saturated carbocycles. The van der Waals surface area contributed by atoms with Gasteiger partial charge in [-0.05, 0) is 30.3 Å². The van der Waals surface area contributed by atoms with E-state index in [4.69, 9.17) is 15.7 Å². The SMILES string of the molecule is COc1ccc(C#N)cc1CS(=O)(=O)c1ncccc1N. The van der Waals surface area contributed by atoms with Crippen LogP contribution in [0, 0.1) is 11.3 Å². The molecule has 1 aromatic carbocycles. The third-order valence-electron chi connectivity index (χ3n) is 2.85. The summed E-state index contributed by atoms with van der Waals surface area (Å²) in [6, 6.07) is 9.60. The Labute approximate surface area is 122 Å². The zero-order valence-corrected chi connectivity index (χ0v) is 12.1. The Kier molecular flexibility index (Phi) is 4.10. The van der Waals surface area contributed by atoms with Crippen molar-refractivity contribution in [3.8, 4) is 11.8 Å². The molecule has 2 N–H and O–H groups in total. The van der Waals surface area contributed by atoms with Crippen LogP contribution in [0.1, 0.15) is 11.1 Å². The highest BCUT2D eigenvalue weighted by Crippen LogP contribution is 2.26. The zero-order valence-electron chi connectivity index (χ0n) is 11.3. The molecule has 0 amide bonds. The van der Waals surface area contributed by atoms with E-state index in [1.807, 2.05) is 6.07 Å². The lowest BCUT2D eigenvalue weighted by molar-refractivity contribution is 0.411. The first kappa shape index (κ1) is 14.8. The van der Waals surface area contributed by atoms with Crippen LogP contribution in [0.15, 0.2) is 41.6 Å². The summed E-state index contributed by atoms with van der Waals surface area (Å²) >= 11 is 0. The molecule has 0 radical (unpaired) electrons. The smallest absolute Gasteiger partial charge is 0.201 e. The van der Waals surface area contributed by atoms with Crippen molar-refractivity contribution in [3.05, 3.63) is 47.7 Å². The molecule has 1 aromatic heterocycles. The predicted octanol–water partition coefficient (Wildman–Crippen LogP) is 1.52. The number of aromatic nitrogens is 1. The lowest BCUT2D eigenvalue weighted by Crippen LogP contribution is -2.10. The van der Waals surface area contributed by atoms with Crippen LogP contribution in [-0.4, -0.2) is 20.5 Å². The number of hydrogen-bond acceptors (Lipinski definition) is 6. The molecule has 0 spiro atoms. The Balaban J connectivity index is 2.46. The molecule has 21 heavy (non-hydrogen) atoms. The number of nitrogens with two attached hydrogens (primary N) is 1. The van der Waals surface area contributed by atoms with E-state index in [0.29, 0.717) is 16.9 Å². The van der Waals surface area contributed by atoms with Crippen LogP contribution < -0.4 is 10.5 Å². The van der Waals surface area contributed by atoms with E-state index in [2.05, 4.69) is 4.98 Å². The number of methoxy groups -OCH3 is 1. The van der Waals surface area contributed by atoms with Crippen LogP contribution in [0.5, 0.6) is 5.75 Å². The lowest BCUT2D eigenvalue weighted by Gasteiger charge is -2.10. The van der Waals surface area contributed by atoms with Crippen molar-refractivity contribution < 1.29 is 13.2 Å². The third kappa shape index (κ3) is 3.12. The first-order valence-corrected chi connectivity index (χ1v) is 7.63. The average Bonchev–Trinajstić information content (AvgIpc) is 2.47. The van der Waals surface area contributed by atoms with Gasteiger partial charge in [0.05, 0.1) is 30.2 Å². The minimum absolute atomic E-state index is 0.0907.